The molecule has 3 rings (SSSR count). The van der Waals surface area contributed by atoms with Crippen molar-refractivity contribution < 1.29 is 14.3 Å². The van der Waals surface area contributed by atoms with Gasteiger partial charge in [0.15, 0.2) is 0 Å². The molecule has 1 heterocycles. The molecule has 4 N–H and O–H groups in total. The normalized spacial score (nSPS) is 10.6. The summed E-state index contributed by atoms with van der Waals surface area (Å²) in [6, 6.07) is 14.7. The number of nitrogens with zero attached hydrogens (tertiary/aromatic N) is 1. The number of carbonyl (C=O) groups is 2. The summed E-state index contributed by atoms with van der Waals surface area (Å²) in [5.74, 6) is 0.914. The number of nitrogens with two attached hydrogens (primary N) is 1. The zero-order valence-electron chi connectivity index (χ0n) is 14.2. The third kappa shape index (κ3) is 4.83. The van der Waals surface area contributed by atoms with E-state index in [1.54, 1.807) is 24.3 Å². The molecule has 7 nitrogen and oxygen atoms in total. The number of primary amides is 1. The van der Waals surface area contributed by atoms with Crippen LogP contribution in [0, 0.1) is 0 Å². The van der Waals surface area contributed by atoms with Crippen molar-refractivity contribution >= 4 is 28.5 Å². The van der Waals surface area contributed by atoms with Gasteiger partial charge in [-0.15, -0.1) is 0 Å². The van der Waals surface area contributed by atoms with E-state index in [1.165, 1.54) is 0 Å². The van der Waals surface area contributed by atoms with Gasteiger partial charge < -0.3 is 20.8 Å². The molecule has 7 heteroatoms. The molecule has 0 spiro atoms. The number of H-pyrrole nitrogens is 1. The highest BCUT2D eigenvalue weighted by Gasteiger charge is 2.07. The number of imidazole rings is 1. The van der Waals surface area contributed by atoms with Crippen LogP contribution in [0.15, 0.2) is 48.5 Å². The maximum Gasteiger partial charge on any atom is 0.224 e. The average Bonchev–Trinajstić information content (AvgIpc) is 3.04. The molecule has 0 bridgehead atoms. The number of anilines is 1. The Morgan fingerprint density at radius 2 is 1.85 bits per heavy atom. The van der Waals surface area contributed by atoms with Gasteiger partial charge in [0.2, 0.25) is 11.8 Å². The lowest BCUT2D eigenvalue weighted by atomic mass is 10.2. The zero-order chi connectivity index (χ0) is 18.4. The Labute approximate surface area is 150 Å². The van der Waals surface area contributed by atoms with Crippen molar-refractivity contribution in [1.82, 2.24) is 9.97 Å². The largest absolute Gasteiger partial charge is 0.493 e. The third-order valence-corrected chi connectivity index (χ3v) is 3.78. The Morgan fingerprint density at radius 3 is 2.58 bits per heavy atom. The van der Waals surface area contributed by atoms with Gasteiger partial charge in [0, 0.05) is 18.5 Å². The number of hydrogen-bond acceptors (Lipinski definition) is 4. The minimum Gasteiger partial charge on any atom is -0.493 e. The number of aromatic amines is 1. The minimum absolute atomic E-state index is 0.0900. The first-order valence-corrected chi connectivity index (χ1v) is 8.35. The summed E-state index contributed by atoms with van der Waals surface area (Å²) in [4.78, 5) is 30.4. The maximum absolute atomic E-state index is 12.1. The molecule has 3 aromatic rings. The van der Waals surface area contributed by atoms with E-state index in [9.17, 15) is 9.59 Å². The molecule has 2 amide bonds. The number of benzene rings is 2. The Balaban J connectivity index is 1.47. The molecule has 134 valence electrons. The lowest BCUT2D eigenvalue weighted by Crippen LogP contribution is -2.14. The number of carbonyl (C=O) groups excluding carboxylic acids is 2. The van der Waals surface area contributed by atoms with E-state index in [2.05, 4.69) is 15.3 Å². The second-order valence-electron chi connectivity index (χ2n) is 5.84. The highest BCUT2D eigenvalue weighted by atomic mass is 16.5. The summed E-state index contributed by atoms with van der Waals surface area (Å²) in [6.45, 7) is 0.235. The van der Waals surface area contributed by atoms with Crippen molar-refractivity contribution in [2.24, 2.45) is 5.73 Å². The summed E-state index contributed by atoms with van der Waals surface area (Å²) in [5.41, 5.74) is 7.60. The predicted molar refractivity (Wildman–Crippen MR) is 98.8 cm³/mol. The van der Waals surface area contributed by atoms with Gasteiger partial charge in [-0.3, -0.25) is 9.59 Å². The van der Waals surface area contributed by atoms with E-state index >= 15 is 0 Å². The number of amides is 2. The SMILES string of the molecule is NC(=O)CCOc1ccc(NC(=O)CCc2nc3ccccc3[nH]2)cc1. The third-order valence-electron chi connectivity index (χ3n) is 3.78. The van der Waals surface area contributed by atoms with Gasteiger partial charge in [-0.25, -0.2) is 4.98 Å². The number of ether oxygens (including phenoxy) is 1. The van der Waals surface area contributed by atoms with Crippen molar-refractivity contribution in [3.8, 4) is 5.75 Å². The minimum atomic E-state index is -0.404. The summed E-state index contributed by atoms with van der Waals surface area (Å²) in [6.07, 6.45) is 1.03. The van der Waals surface area contributed by atoms with E-state index in [1.807, 2.05) is 24.3 Å². The van der Waals surface area contributed by atoms with Crippen LogP contribution in [0.1, 0.15) is 18.7 Å². The van der Waals surface area contributed by atoms with E-state index in [0.717, 1.165) is 16.9 Å². The van der Waals surface area contributed by atoms with Crippen molar-refractivity contribution in [2.75, 3.05) is 11.9 Å². The number of fused-ring (bicyclic) bond motifs is 1. The first-order valence-electron chi connectivity index (χ1n) is 8.35. The molecule has 0 atom stereocenters. The highest BCUT2D eigenvalue weighted by Crippen LogP contribution is 2.16. The van der Waals surface area contributed by atoms with E-state index in [0.29, 0.717) is 24.3 Å². The van der Waals surface area contributed by atoms with Crippen LogP contribution in [0.3, 0.4) is 0 Å². The molecule has 0 radical (unpaired) electrons. The second kappa shape index (κ2) is 8.15. The molecule has 0 aliphatic carbocycles. The number of rotatable bonds is 8. The molecule has 2 aromatic carbocycles. The van der Waals surface area contributed by atoms with E-state index in [4.69, 9.17) is 10.5 Å². The van der Waals surface area contributed by atoms with E-state index < -0.39 is 5.91 Å². The number of para-hydroxylation sites is 2. The topological polar surface area (TPSA) is 110 Å². The lowest BCUT2D eigenvalue weighted by Gasteiger charge is -2.07. The fourth-order valence-electron chi connectivity index (χ4n) is 2.48. The first kappa shape index (κ1) is 17.5. The summed E-state index contributed by atoms with van der Waals surface area (Å²) in [7, 11) is 0. The fraction of sp³-hybridized carbons (Fsp3) is 0.211. The maximum atomic E-state index is 12.1. The fourth-order valence-corrected chi connectivity index (χ4v) is 2.48. The smallest absolute Gasteiger partial charge is 0.224 e. The van der Waals surface area contributed by atoms with Crippen LogP contribution in [0.2, 0.25) is 0 Å². The first-order chi connectivity index (χ1) is 12.6. The molecule has 0 aliphatic rings. The van der Waals surface area contributed by atoms with Gasteiger partial charge in [0.05, 0.1) is 24.1 Å². The quantitative estimate of drug-likeness (QED) is 0.578. The van der Waals surface area contributed by atoms with Gasteiger partial charge in [-0.2, -0.15) is 0 Å². The van der Waals surface area contributed by atoms with Crippen LogP contribution in [-0.4, -0.2) is 28.4 Å². The Hall–Kier alpha value is -3.35. The molecule has 0 unspecified atom stereocenters. The monoisotopic (exact) mass is 352 g/mol. The summed E-state index contributed by atoms with van der Waals surface area (Å²) < 4.78 is 5.39. The van der Waals surface area contributed by atoms with Gasteiger partial charge in [0.1, 0.15) is 11.6 Å². The summed E-state index contributed by atoms with van der Waals surface area (Å²) in [5, 5.41) is 2.84. The molecule has 1 aromatic heterocycles. The molecular formula is C19H20N4O3. The zero-order valence-corrected chi connectivity index (χ0v) is 14.2. The highest BCUT2D eigenvalue weighted by molar-refractivity contribution is 5.90. The van der Waals surface area contributed by atoms with Crippen LogP contribution in [0.25, 0.3) is 11.0 Å². The van der Waals surface area contributed by atoms with E-state index in [-0.39, 0.29) is 18.9 Å². The molecule has 0 aliphatic heterocycles. The Morgan fingerprint density at radius 1 is 1.08 bits per heavy atom. The van der Waals surface area contributed by atoms with Gasteiger partial charge in [-0.05, 0) is 36.4 Å². The van der Waals surface area contributed by atoms with Crippen molar-refractivity contribution in [3.05, 3.63) is 54.4 Å². The van der Waals surface area contributed by atoms with Crippen molar-refractivity contribution in [3.63, 3.8) is 0 Å². The number of aromatic nitrogens is 2. The molecule has 0 fully saturated rings. The second-order valence-corrected chi connectivity index (χ2v) is 5.84. The van der Waals surface area contributed by atoms with Crippen LogP contribution in [0.4, 0.5) is 5.69 Å². The van der Waals surface area contributed by atoms with Crippen LogP contribution >= 0.6 is 0 Å². The molecule has 0 saturated heterocycles. The molecule has 26 heavy (non-hydrogen) atoms. The Bertz CT molecular complexity index is 870. The number of nitrogens with one attached hydrogen (secondary N) is 2. The molecular weight excluding hydrogens is 332 g/mol. The van der Waals surface area contributed by atoms with Gasteiger partial charge in [-0.1, -0.05) is 12.1 Å². The van der Waals surface area contributed by atoms with Gasteiger partial charge in [0.25, 0.3) is 0 Å². The van der Waals surface area contributed by atoms with Gasteiger partial charge >= 0.3 is 0 Å². The number of hydrogen-bond donors (Lipinski definition) is 3. The standard InChI is InChI=1S/C19H20N4O3/c20-17(24)11-12-26-14-7-5-13(6-8-14)21-19(25)10-9-18-22-15-3-1-2-4-16(15)23-18/h1-8H,9-12H2,(H2,20,24)(H,21,25)(H,22,23). The van der Waals surface area contributed by atoms with Crippen LogP contribution < -0.4 is 15.8 Å². The van der Waals surface area contributed by atoms with Crippen molar-refractivity contribution in [2.45, 2.75) is 19.3 Å². The molecule has 0 saturated carbocycles. The summed E-state index contributed by atoms with van der Waals surface area (Å²) >= 11 is 0. The predicted octanol–water partition coefficient (Wildman–Crippen LogP) is 2.39. The number of aryl methyl sites for hydroxylation is 1. The Kier molecular flexibility index (Phi) is 5.48. The lowest BCUT2D eigenvalue weighted by molar-refractivity contribution is -0.118. The van der Waals surface area contributed by atoms with Crippen LogP contribution in [-0.2, 0) is 16.0 Å². The van der Waals surface area contributed by atoms with Crippen LogP contribution in [0.5, 0.6) is 5.75 Å². The van der Waals surface area contributed by atoms with Crippen molar-refractivity contribution in [1.29, 1.82) is 0 Å². The average molecular weight is 352 g/mol.